The number of aryl methyl sites for hydroxylation is 1. The van der Waals surface area contributed by atoms with Crippen LogP contribution in [0.25, 0.3) is 0 Å². The van der Waals surface area contributed by atoms with E-state index in [2.05, 4.69) is 40.9 Å². The summed E-state index contributed by atoms with van der Waals surface area (Å²) in [5, 5.41) is 3.50. The monoisotopic (exact) mass is 248 g/mol. The summed E-state index contributed by atoms with van der Waals surface area (Å²) in [6.45, 7) is 0. The van der Waals surface area contributed by atoms with Crippen molar-refractivity contribution in [3.05, 3.63) is 18.2 Å². The number of nitrogens with one attached hydrogen (secondary N) is 1. The molecule has 3 atom stereocenters. The Morgan fingerprint density at radius 3 is 2.44 bits per heavy atom. The summed E-state index contributed by atoms with van der Waals surface area (Å²) in [5.74, 6) is 1.91. The molecule has 2 aliphatic rings. The molecule has 0 amide bonds. The first-order valence-corrected chi connectivity index (χ1v) is 7.07. The lowest BCUT2D eigenvalue weighted by Gasteiger charge is -2.39. The van der Waals surface area contributed by atoms with Crippen LogP contribution in [0.2, 0.25) is 0 Å². The van der Waals surface area contributed by atoms with Gasteiger partial charge in [-0.3, -0.25) is 0 Å². The van der Waals surface area contributed by atoms with Gasteiger partial charge in [-0.1, -0.05) is 0 Å². The van der Waals surface area contributed by atoms with Crippen LogP contribution in [-0.4, -0.2) is 40.6 Å². The largest absolute Gasteiger partial charge is 0.337 e. The number of rotatable bonds is 3. The second-order valence-corrected chi connectivity index (χ2v) is 5.94. The summed E-state index contributed by atoms with van der Waals surface area (Å²) < 4.78 is 2.15. The molecular weight excluding hydrogens is 224 g/mol. The van der Waals surface area contributed by atoms with Gasteiger partial charge in [0, 0.05) is 31.5 Å². The lowest BCUT2D eigenvalue weighted by Crippen LogP contribution is -2.43. The van der Waals surface area contributed by atoms with Gasteiger partial charge in [-0.05, 0) is 45.7 Å². The molecule has 2 aliphatic heterocycles. The van der Waals surface area contributed by atoms with Crippen molar-refractivity contribution < 1.29 is 0 Å². The van der Waals surface area contributed by atoms with Gasteiger partial charge in [0.2, 0.25) is 0 Å². The second kappa shape index (κ2) is 4.67. The maximum Gasteiger partial charge on any atom is 0.125 e. The zero-order valence-corrected chi connectivity index (χ0v) is 11.6. The first-order chi connectivity index (χ1) is 8.70. The van der Waals surface area contributed by atoms with E-state index in [9.17, 15) is 0 Å². The lowest BCUT2D eigenvalue weighted by molar-refractivity contribution is 0.111. The zero-order valence-electron chi connectivity index (χ0n) is 11.6. The maximum absolute atomic E-state index is 4.54. The van der Waals surface area contributed by atoms with E-state index in [0.717, 1.165) is 18.0 Å². The number of aromatic nitrogens is 2. The van der Waals surface area contributed by atoms with Crippen LogP contribution in [-0.2, 0) is 7.05 Å². The van der Waals surface area contributed by atoms with Crippen molar-refractivity contribution in [1.82, 2.24) is 19.8 Å². The standard InChI is InChI=1S/C14H24N4/c1-15-13(14-16-6-7-17(14)2)10-8-11-4-5-12(9-10)18(11)3/h6-7,10-13,15H,4-5,8-9H2,1-3H3. The Morgan fingerprint density at radius 1 is 1.28 bits per heavy atom. The third kappa shape index (κ3) is 1.88. The molecule has 0 saturated carbocycles. The zero-order chi connectivity index (χ0) is 12.7. The van der Waals surface area contributed by atoms with Crippen molar-refractivity contribution in [2.45, 2.75) is 43.8 Å². The van der Waals surface area contributed by atoms with Crippen LogP contribution < -0.4 is 5.32 Å². The van der Waals surface area contributed by atoms with Crippen molar-refractivity contribution in [2.24, 2.45) is 13.0 Å². The van der Waals surface area contributed by atoms with Gasteiger partial charge in [0.1, 0.15) is 5.82 Å². The molecule has 0 radical (unpaired) electrons. The number of hydrogen-bond donors (Lipinski definition) is 1. The topological polar surface area (TPSA) is 33.1 Å². The van der Waals surface area contributed by atoms with Gasteiger partial charge < -0.3 is 14.8 Å². The molecule has 3 unspecified atom stereocenters. The molecule has 100 valence electrons. The molecule has 4 nitrogen and oxygen atoms in total. The minimum absolute atomic E-state index is 0.404. The highest BCUT2D eigenvalue weighted by Crippen LogP contribution is 2.41. The SMILES string of the molecule is CNC(c1nccn1C)C1CC2CCC(C1)N2C. The summed E-state index contributed by atoms with van der Waals surface area (Å²) in [6.07, 6.45) is 9.34. The molecule has 1 N–H and O–H groups in total. The minimum atomic E-state index is 0.404. The summed E-state index contributed by atoms with van der Waals surface area (Å²) in [4.78, 5) is 7.14. The summed E-state index contributed by atoms with van der Waals surface area (Å²) in [7, 11) is 6.46. The Balaban J connectivity index is 1.80. The molecule has 1 aromatic rings. The van der Waals surface area contributed by atoms with Crippen LogP contribution in [0, 0.1) is 5.92 Å². The summed E-state index contributed by atoms with van der Waals surface area (Å²) in [6, 6.07) is 2.00. The predicted octanol–water partition coefficient (Wildman–Crippen LogP) is 1.55. The Labute approximate surface area is 109 Å². The van der Waals surface area contributed by atoms with Crippen LogP contribution >= 0.6 is 0 Å². The van der Waals surface area contributed by atoms with Crippen molar-refractivity contribution in [3.8, 4) is 0 Å². The van der Waals surface area contributed by atoms with Gasteiger partial charge in [0.05, 0.1) is 6.04 Å². The molecular formula is C14H24N4. The van der Waals surface area contributed by atoms with Crippen LogP contribution in [0.3, 0.4) is 0 Å². The summed E-state index contributed by atoms with van der Waals surface area (Å²) >= 11 is 0. The van der Waals surface area contributed by atoms with Crippen LogP contribution in [0.5, 0.6) is 0 Å². The molecule has 1 aromatic heterocycles. The van der Waals surface area contributed by atoms with E-state index in [-0.39, 0.29) is 0 Å². The first kappa shape index (κ1) is 12.2. The average molecular weight is 248 g/mol. The predicted molar refractivity (Wildman–Crippen MR) is 72.3 cm³/mol. The molecule has 2 saturated heterocycles. The Hall–Kier alpha value is -0.870. The highest BCUT2D eigenvalue weighted by atomic mass is 15.2. The smallest absolute Gasteiger partial charge is 0.125 e. The van der Waals surface area contributed by atoms with Gasteiger partial charge in [0.25, 0.3) is 0 Å². The fourth-order valence-corrected chi connectivity index (χ4v) is 3.98. The average Bonchev–Trinajstić information content (AvgIpc) is 2.84. The molecule has 2 fully saturated rings. The van der Waals surface area contributed by atoms with Gasteiger partial charge >= 0.3 is 0 Å². The fraction of sp³-hybridized carbons (Fsp3) is 0.786. The Morgan fingerprint density at radius 2 is 1.94 bits per heavy atom. The van der Waals surface area contributed by atoms with Crippen LogP contribution in [0.1, 0.15) is 37.5 Å². The Kier molecular flexibility index (Phi) is 3.16. The van der Waals surface area contributed by atoms with Crippen molar-refractivity contribution >= 4 is 0 Å². The Bertz CT molecular complexity index is 400. The number of nitrogens with zero attached hydrogens (tertiary/aromatic N) is 3. The highest BCUT2D eigenvalue weighted by molar-refractivity contribution is 5.05. The maximum atomic E-state index is 4.54. The van der Waals surface area contributed by atoms with Gasteiger partial charge in [-0.2, -0.15) is 0 Å². The third-order valence-corrected chi connectivity index (χ3v) is 5.05. The molecule has 4 heteroatoms. The van der Waals surface area contributed by atoms with Crippen molar-refractivity contribution in [3.63, 3.8) is 0 Å². The summed E-state index contributed by atoms with van der Waals surface area (Å²) in [5.41, 5.74) is 0. The number of imidazole rings is 1. The molecule has 0 aliphatic carbocycles. The number of fused-ring (bicyclic) bond motifs is 2. The normalized spacial score (nSPS) is 33.8. The molecule has 0 aromatic carbocycles. The molecule has 2 bridgehead atoms. The molecule has 0 spiro atoms. The van der Waals surface area contributed by atoms with E-state index in [1.54, 1.807) is 0 Å². The van der Waals surface area contributed by atoms with E-state index < -0.39 is 0 Å². The lowest BCUT2D eigenvalue weighted by atomic mass is 9.84. The van der Waals surface area contributed by atoms with Crippen molar-refractivity contribution in [2.75, 3.05) is 14.1 Å². The van der Waals surface area contributed by atoms with E-state index in [4.69, 9.17) is 0 Å². The van der Waals surface area contributed by atoms with E-state index in [0.29, 0.717) is 6.04 Å². The first-order valence-electron chi connectivity index (χ1n) is 7.07. The quantitative estimate of drug-likeness (QED) is 0.881. The van der Waals surface area contributed by atoms with Crippen LogP contribution in [0.4, 0.5) is 0 Å². The fourth-order valence-electron chi connectivity index (χ4n) is 3.98. The van der Waals surface area contributed by atoms with Crippen molar-refractivity contribution in [1.29, 1.82) is 0 Å². The van der Waals surface area contributed by atoms with Gasteiger partial charge in [-0.15, -0.1) is 0 Å². The molecule has 3 heterocycles. The number of piperidine rings is 1. The van der Waals surface area contributed by atoms with Crippen LogP contribution in [0.15, 0.2) is 12.4 Å². The second-order valence-electron chi connectivity index (χ2n) is 5.94. The molecule has 18 heavy (non-hydrogen) atoms. The van der Waals surface area contributed by atoms with E-state index >= 15 is 0 Å². The minimum Gasteiger partial charge on any atom is -0.337 e. The molecule has 3 rings (SSSR count). The third-order valence-electron chi connectivity index (χ3n) is 5.05. The van der Waals surface area contributed by atoms with Gasteiger partial charge in [-0.25, -0.2) is 4.98 Å². The highest BCUT2D eigenvalue weighted by Gasteiger charge is 2.41. The van der Waals surface area contributed by atoms with Gasteiger partial charge in [0.15, 0.2) is 0 Å². The van der Waals surface area contributed by atoms with E-state index in [1.807, 2.05) is 12.4 Å². The number of hydrogen-bond acceptors (Lipinski definition) is 3. The van der Waals surface area contributed by atoms with E-state index in [1.165, 1.54) is 31.5 Å².